The molecule has 1 heterocycles. The van der Waals surface area contributed by atoms with Crippen molar-refractivity contribution >= 4 is 34.4 Å². The summed E-state index contributed by atoms with van der Waals surface area (Å²) in [6.07, 6.45) is 0. The number of aromatic amines is 2. The molecule has 1 aromatic heterocycles. The number of carbonyl (C=O) groups is 1. The molecule has 0 saturated carbocycles. The summed E-state index contributed by atoms with van der Waals surface area (Å²) in [6, 6.07) is 13.2. The normalized spacial score (nSPS) is 10.6. The van der Waals surface area contributed by atoms with E-state index in [4.69, 9.17) is 9.47 Å². The van der Waals surface area contributed by atoms with Crippen molar-refractivity contribution in [2.45, 2.75) is 5.16 Å². The Kier molecular flexibility index (Phi) is 4.90. The first-order chi connectivity index (χ1) is 11.7. The topological polar surface area (TPSA) is 77.5 Å². The Balaban J connectivity index is 1.63. The second kappa shape index (κ2) is 7.27. The molecular weight excluding hydrogens is 326 g/mol. The molecule has 6 nitrogen and oxygen atoms in total. The number of hydrogen-bond donors (Lipinski definition) is 2. The highest BCUT2D eigenvalue weighted by Gasteiger charge is 2.14. The minimum absolute atomic E-state index is 0.115. The van der Waals surface area contributed by atoms with E-state index in [1.807, 2.05) is 24.3 Å². The molecule has 0 aliphatic carbocycles. The summed E-state index contributed by atoms with van der Waals surface area (Å²) in [4.78, 5) is 18.7. The molecular formula is C17H18N3O3S+. The molecule has 0 unspecified atom stereocenters. The first-order valence-electron chi connectivity index (χ1n) is 7.34. The number of fused-ring (bicyclic) bond motifs is 1. The SMILES string of the molecule is COc1ccc(NC(=O)CSc2[nH]c3ccccc3[nH+]2)c(OC)c1. The van der Waals surface area contributed by atoms with Gasteiger partial charge in [0.1, 0.15) is 11.5 Å². The molecule has 0 fully saturated rings. The van der Waals surface area contributed by atoms with Gasteiger partial charge in [0.05, 0.1) is 25.7 Å². The van der Waals surface area contributed by atoms with Crippen LogP contribution in [0.1, 0.15) is 0 Å². The molecule has 0 aliphatic rings. The van der Waals surface area contributed by atoms with Gasteiger partial charge in [0.2, 0.25) is 5.91 Å². The Hall–Kier alpha value is -2.67. The number of carbonyl (C=O) groups excluding carboxylic acids is 1. The van der Waals surface area contributed by atoms with Crippen LogP contribution in [-0.2, 0) is 4.79 Å². The van der Waals surface area contributed by atoms with E-state index >= 15 is 0 Å². The number of para-hydroxylation sites is 2. The third-order valence-electron chi connectivity index (χ3n) is 3.45. The van der Waals surface area contributed by atoms with E-state index in [1.54, 1.807) is 32.4 Å². The Morgan fingerprint density at radius 1 is 1.21 bits per heavy atom. The Labute approximate surface area is 143 Å². The minimum atomic E-state index is -0.115. The lowest BCUT2D eigenvalue weighted by Gasteiger charge is -2.11. The van der Waals surface area contributed by atoms with Gasteiger partial charge in [-0.2, -0.15) is 0 Å². The first-order valence-corrected chi connectivity index (χ1v) is 8.33. The molecule has 7 heteroatoms. The lowest BCUT2D eigenvalue weighted by atomic mass is 10.2. The van der Waals surface area contributed by atoms with Crippen LogP contribution in [0.3, 0.4) is 0 Å². The van der Waals surface area contributed by atoms with Crippen molar-refractivity contribution in [2.24, 2.45) is 0 Å². The number of anilines is 1. The number of aromatic nitrogens is 2. The highest BCUT2D eigenvalue weighted by Crippen LogP contribution is 2.29. The second-order valence-corrected chi connectivity index (χ2v) is 6.01. The van der Waals surface area contributed by atoms with Crippen molar-refractivity contribution < 1.29 is 19.3 Å². The highest BCUT2D eigenvalue weighted by molar-refractivity contribution is 7.99. The zero-order valence-electron chi connectivity index (χ0n) is 13.4. The molecule has 0 radical (unpaired) electrons. The number of H-pyrrole nitrogens is 2. The predicted octanol–water partition coefficient (Wildman–Crippen LogP) is 2.73. The predicted molar refractivity (Wildman–Crippen MR) is 93.8 cm³/mol. The van der Waals surface area contributed by atoms with Crippen LogP contribution in [0.4, 0.5) is 5.69 Å². The average molecular weight is 344 g/mol. The van der Waals surface area contributed by atoms with Crippen molar-refractivity contribution in [3.8, 4) is 11.5 Å². The maximum absolute atomic E-state index is 12.2. The van der Waals surface area contributed by atoms with Crippen molar-refractivity contribution in [2.75, 3.05) is 25.3 Å². The smallest absolute Gasteiger partial charge is 0.315 e. The number of rotatable bonds is 6. The Bertz CT molecular complexity index is 830. The van der Waals surface area contributed by atoms with Crippen molar-refractivity contribution in [1.82, 2.24) is 4.98 Å². The first kappa shape index (κ1) is 16.2. The highest BCUT2D eigenvalue weighted by atomic mass is 32.2. The molecule has 3 rings (SSSR count). The number of methoxy groups -OCH3 is 2. The average Bonchev–Trinajstić information content (AvgIpc) is 3.03. The summed E-state index contributed by atoms with van der Waals surface area (Å²) < 4.78 is 10.4. The third kappa shape index (κ3) is 3.62. The van der Waals surface area contributed by atoms with E-state index in [-0.39, 0.29) is 11.7 Å². The summed E-state index contributed by atoms with van der Waals surface area (Å²) in [5, 5.41) is 3.69. The van der Waals surface area contributed by atoms with Gasteiger partial charge < -0.3 is 14.8 Å². The molecule has 24 heavy (non-hydrogen) atoms. The van der Waals surface area contributed by atoms with E-state index in [9.17, 15) is 4.79 Å². The Morgan fingerprint density at radius 2 is 2.04 bits per heavy atom. The summed E-state index contributed by atoms with van der Waals surface area (Å²) in [5.74, 6) is 1.39. The fourth-order valence-corrected chi connectivity index (χ4v) is 2.99. The van der Waals surface area contributed by atoms with Crippen LogP contribution in [0.2, 0.25) is 0 Å². The summed E-state index contributed by atoms with van der Waals surface area (Å²) in [6.45, 7) is 0. The fraction of sp³-hybridized carbons (Fsp3) is 0.176. The van der Waals surface area contributed by atoms with Crippen molar-refractivity contribution in [1.29, 1.82) is 0 Å². The molecule has 0 aliphatic heterocycles. The number of benzene rings is 2. The molecule has 0 spiro atoms. The van der Waals surface area contributed by atoms with Gasteiger partial charge in [0.25, 0.3) is 0 Å². The van der Waals surface area contributed by atoms with Crippen LogP contribution >= 0.6 is 11.8 Å². The van der Waals surface area contributed by atoms with E-state index in [2.05, 4.69) is 15.3 Å². The van der Waals surface area contributed by atoms with Crippen LogP contribution in [0, 0.1) is 0 Å². The molecule has 0 saturated heterocycles. The molecule has 1 amide bonds. The molecule has 0 atom stereocenters. The number of hydrogen-bond acceptors (Lipinski definition) is 4. The van der Waals surface area contributed by atoms with Gasteiger partial charge >= 0.3 is 5.16 Å². The minimum Gasteiger partial charge on any atom is -0.497 e. The number of ether oxygens (including phenoxy) is 2. The number of imidazole rings is 1. The van der Waals surface area contributed by atoms with E-state index < -0.39 is 0 Å². The zero-order chi connectivity index (χ0) is 16.9. The van der Waals surface area contributed by atoms with Gasteiger partial charge in [-0.3, -0.25) is 4.79 Å². The standard InChI is InChI=1S/C17H17N3O3S/c1-22-11-7-8-14(15(9-11)23-2)18-16(21)10-24-17-19-12-5-3-4-6-13(12)20-17/h3-9H,10H2,1-2H3,(H,18,21)(H,19,20)/p+1. The summed E-state index contributed by atoms with van der Waals surface area (Å²) in [5.41, 5.74) is 2.64. The fourth-order valence-electron chi connectivity index (χ4n) is 2.27. The largest absolute Gasteiger partial charge is 0.497 e. The maximum Gasteiger partial charge on any atom is 0.315 e. The van der Waals surface area contributed by atoms with Crippen LogP contribution < -0.4 is 19.8 Å². The van der Waals surface area contributed by atoms with Crippen LogP contribution in [0.25, 0.3) is 11.0 Å². The third-order valence-corrected chi connectivity index (χ3v) is 4.35. The van der Waals surface area contributed by atoms with E-state index in [0.29, 0.717) is 17.2 Å². The van der Waals surface area contributed by atoms with E-state index in [0.717, 1.165) is 16.2 Å². The van der Waals surface area contributed by atoms with Crippen LogP contribution in [0.5, 0.6) is 11.5 Å². The summed E-state index contributed by atoms with van der Waals surface area (Å²) >= 11 is 1.41. The van der Waals surface area contributed by atoms with Gasteiger partial charge in [-0.1, -0.05) is 12.1 Å². The molecule has 124 valence electrons. The molecule has 3 N–H and O–H groups in total. The number of thioether (sulfide) groups is 1. The quantitative estimate of drug-likeness (QED) is 0.674. The van der Waals surface area contributed by atoms with Crippen LogP contribution in [0.15, 0.2) is 47.6 Å². The lowest BCUT2D eigenvalue weighted by Crippen LogP contribution is -2.15. The molecule has 2 aromatic carbocycles. The van der Waals surface area contributed by atoms with Crippen molar-refractivity contribution in [3.63, 3.8) is 0 Å². The maximum atomic E-state index is 12.2. The summed E-state index contributed by atoms with van der Waals surface area (Å²) in [7, 11) is 3.14. The monoisotopic (exact) mass is 344 g/mol. The van der Waals surface area contributed by atoms with Gasteiger partial charge in [0.15, 0.2) is 11.0 Å². The zero-order valence-corrected chi connectivity index (χ0v) is 14.2. The number of nitrogens with one attached hydrogen (secondary N) is 3. The number of amides is 1. The Morgan fingerprint density at radius 3 is 2.79 bits per heavy atom. The van der Waals surface area contributed by atoms with Crippen LogP contribution in [-0.4, -0.2) is 30.9 Å². The van der Waals surface area contributed by atoms with Crippen molar-refractivity contribution in [3.05, 3.63) is 42.5 Å². The van der Waals surface area contributed by atoms with Gasteiger partial charge in [-0.25, -0.2) is 9.97 Å². The van der Waals surface area contributed by atoms with Gasteiger partial charge in [0, 0.05) is 6.07 Å². The second-order valence-electron chi connectivity index (χ2n) is 5.03. The van der Waals surface area contributed by atoms with Gasteiger partial charge in [-0.15, -0.1) is 0 Å². The molecule has 3 aromatic rings. The van der Waals surface area contributed by atoms with E-state index in [1.165, 1.54) is 11.8 Å². The molecule has 0 bridgehead atoms. The van der Waals surface area contributed by atoms with Gasteiger partial charge in [-0.05, 0) is 36.0 Å². The lowest BCUT2D eigenvalue weighted by molar-refractivity contribution is -0.396.